The minimum atomic E-state index is -1.55. The average molecular weight is 492 g/mol. The fourth-order valence-corrected chi connectivity index (χ4v) is 3.81. The first-order chi connectivity index (χ1) is 16.0. The summed E-state index contributed by atoms with van der Waals surface area (Å²) < 4.78 is 0. The topological polar surface area (TPSA) is 142 Å². The first kappa shape index (κ1) is 27.1. The zero-order chi connectivity index (χ0) is 25.6. The number of benzene rings is 1. The van der Waals surface area contributed by atoms with E-state index in [9.17, 15) is 24.8 Å². The zero-order valence-electron chi connectivity index (χ0n) is 19.6. The van der Waals surface area contributed by atoms with Gasteiger partial charge < -0.3 is 20.8 Å². The number of carbonyl (C=O) groups excluding carboxylic acids is 1. The van der Waals surface area contributed by atoms with Crippen LogP contribution < -0.4 is 10.6 Å². The van der Waals surface area contributed by atoms with Gasteiger partial charge in [-0.3, -0.25) is 14.9 Å². The molecule has 0 saturated heterocycles. The number of Topliss-reactive ketones (excluding diaryl/α,β-unsaturated/α-hetero) is 1. The molecule has 9 nitrogen and oxygen atoms in total. The highest BCUT2D eigenvalue weighted by molar-refractivity contribution is 6.33. The Kier molecular flexibility index (Phi) is 9.40. The number of aliphatic carboxylic acids is 1. The van der Waals surface area contributed by atoms with Crippen LogP contribution in [-0.4, -0.2) is 26.9 Å². The van der Waals surface area contributed by atoms with Gasteiger partial charge in [-0.25, -0.2) is 4.79 Å². The number of allylic oxidation sites excluding steroid dienone is 3. The third-order valence-corrected chi connectivity index (χ3v) is 5.57. The van der Waals surface area contributed by atoms with Crippen LogP contribution in [0.3, 0.4) is 0 Å². The summed E-state index contributed by atoms with van der Waals surface area (Å²) in [6.45, 7) is 7.19. The predicted molar refractivity (Wildman–Crippen MR) is 130 cm³/mol. The number of fused-ring (bicyclic) bond motifs is 1. The first-order valence-electron chi connectivity index (χ1n) is 11.0. The van der Waals surface area contributed by atoms with Crippen molar-refractivity contribution in [3.8, 4) is 0 Å². The number of halogens is 1. The highest BCUT2D eigenvalue weighted by Crippen LogP contribution is 2.45. The number of nitro benzene ring substituents is 1. The highest BCUT2D eigenvalue weighted by atomic mass is 35.5. The van der Waals surface area contributed by atoms with Crippen molar-refractivity contribution in [1.82, 2.24) is 5.32 Å². The van der Waals surface area contributed by atoms with Crippen LogP contribution in [0.1, 0.15) is 65.0 Å². The van der Waals surface area contributed by atoms with Crippen LogP contribution in [0.4, 0.5) is 11.4 Å². The summed E-state index contributed by atoms with van der Waals surface area (Å²) in [4.78, 5) is 35.1. The van der Waals surface area contributed by atoms with Gasteiger partial charge in [-0.05, 0) is 31.7 Å². The van der Waals surface area contributed by atoms with Crippen LogP contribution in [-0.2, 0) is 9.59 Å². The van der Waals surface area contributed by atoms with Gasteiger partial charge in [0.05, 0.1) is 26.8 Å². The zero-order valence-corrected chi connectivity index (χ0v) is 20.4. The maximum Gasteiger partial charge on any atom is 0.330 e. The number of aliphatic hydroxyl groups excluding tert-OH is 1. The Hall–Kier alpha value is -3.17. The number of hydrogen-bond donors (Lipinski definition) is 4. The van der Waals surface area contributed by atoms with Crippen LogP contribution >= 0.6 is 11.6 Å². The fraction of sp³-hybridized carbons (Fsp3) is 0.417. The minimum absolute atomic E-state index is 0.000945. The van der Waals surface area contributed by atoms with Crippen LogP contribution in [0.25, 0.3) is 0 Å². The maximum atomic E-state index is 13.1. The molecule has 1 aromatic carbocycles. The molecule has 0 bridgehead atoms. The van der Waals surface area contributed by atoms with Crippen molar-refractivity contribution in [3.05, 3.63) is 67.6 Å². The summed E-state index contributed by atoms with van der Waals surface area (Å²) in [6, 6.07) is 2.56. The number of anilines is 1. The molecule has 184 valence electrons. The van der Waals surface area contributed by atoms with E-state index in [1.54, 1.807) is 12.2 Å². The molecule has 0 spiro atoms. The van der Waals surface area contributed by atoms with Crippen molar-refractivity contribution in [1.29, 1.82) is 0 Å². The van der Waals surface area contributed by atoms with E-state index in [1.807, 2.05) is 20.8 Å². The fourth-order valence-electron chi connectivity index (χ4n) is 3.60. The largest absolute Gasteiger partial charge is 0.478 e. The highest BCUT2D eigenvalue weighted by Gasteiger charge is 2.37. The maximum absolute atomic E-state index is 13.1. The van der Waals surface area contributed by atoms with Gasteiger partial charge in [0.2, 0.25) is 0 Å². The second kappa shape index (κ2) is 11.8. The predicted octanol–water partition coefficient (Wildman–Crippen LogP) is 5.23. The van der Waals surface area contributed by atoms with Gasteiger partial charge in [0, 0.05) is 23.8 Å². The molecule has 0 amide bonds. The van der Waals surface area contributed by atoms with E-state index in [-0.39, 0.29) is 57.1 Å². The molecule has 34 heavy (non-hydrogen) atoms. The third-order valence-electron chi connectivity index (χ3n) is 5.26. The van der Waals surface area contributed by atoms with E-state index in [2.05, 4.69) is 10.6 Å². The SMILES string of the molecule is CCCC(=CC/C=C(\C)C(=O)O)NC1=C(C(=O)CC(C)C)C(O)c2c([N+](=O)[O-])ccc(Cl)c2N1. The minimum Gasteiger partial charge on any atom is -0.478 e. The number of carbonyl (C=O) groups is 2. The average Bonchev–Trinajstić information content (AvgIpc) is 2.73. The van der Waals surface area contributed by atoms with Gasteiger partial charge in [0.15, 0.2) is 5.78 Å². The third kappa shape index (κ3) is 6.45. The number of hydrogen-bond acceptors (Lipinski definition) is 7. The lowest BCUT2D eigenvalue weighted by molar-refractivity contribution is -0.386. The van der Waals surface area contributed by atoms with Gasteiger partial charge in [0.1, 0.15) is 11.9 Å². The summed E-state index contributed by atoms with van der Waals surface area (Å²) in [5.74, 6) is -1.16. The van der Waals surface area contributed by atoms with Crippen molar-refractivity contribution in [2.45, 2.75) is 59.5 Å². The van der Waals surface area contributed by atoms with E-state index >= 15 is 0 Å². The molecule has 1 unspecified atom stereocenters. The molecule has 4 N–H and O–H groups in total. The number of rotatable bonds is 11. The lowest BCUT2D eigenvalue weighted by Gasteiger charge is -2.30. The van der Waals surface area contributed by atoms with Crippen molar-refractivity contribution in [3.63, 3.8) is 0 Å². The van der Waals surface area contributed by atoms with Crippen LogP contribution in [0.2, 0.25) is 5.02 Å². The first-order valence-corrected chi connectivity index (χ1v) is 11.4. The van der Waals surface area contributed by atoms with Crippen LogP contribution in [0.15, 0.2) is 46.9 Å². The number of aliphatic hydroxyl groups is 1. The summed E-state index contributed by atoms with van der Waals surface area (Å²) in [6.07, 6.45) is 3.63. The molecular weight excluding hydrogens is 462 g/mol. The van der Waals surface area contributed by atoms with Gasteiger partial charge in [-0.1, -0.05) is 50.9 Å². The van der Waals surface area contributed by atoms with Crippen molar-refractivity contribution in [2.75, 3.05) is 5.32 Å². The molecule has 1 aliphatic rings. The molecule has 0 saturated carbocycles. The molecule has 1 aliphatic heterocycles. The Morgan fingerprint density at radius 3 is 2.56 bits per heavy atom. The lowest BCUT2D eigenvalue weighted by Crippen LogP contribution is -2.31. The van der Waals surface area contributed by atoms with Gasteiger partial charge in [-0.2, -0.15) is 0 Å². The molecule has 0 fully saturated rings. The summed E-state index contributed by atoms with van der Waals surface area (Å²) in [5.41, 5.74) is 0.656. The number of nitrogens with one attached hydrogen (secondary N) is 2. The molecule has 0 aromatic heterocycles. The lowest BCUT2D eigenvalue weighted by atomic mass is 9.89. The number of nitro groups is 1. The molecule has 1 aromatic rings. The Balaban J connectivity index is 2.58. The summed E-state index contributed by atoms with van der Waals surface area (Å²) in [5, 5.41) is 38.1. The van der Waals surface area contributed by atoms with E-state index in [4.69, 9.17) is 16.7 Å². The van der Waals surface area contributed by atoms with E-state index < -0.39 is 17.0 Å². The quantitative estimate of drug-likeness (QED) is 0.187. The summed E-state index contributed by atoms with van der Waals surface area (Å²) >= 11 is 6.30. The molecule has 1 heterocycles. The van der Waals surface area contributed by atoms with Crippen molar-refractivity contribution in [2.24, 2.45) is 5.92 Å². The Bertz CT molecular complexity index is 1070. The Morgan fingerprint density at radius 2 is 2.00 bits per heavy atom. The summed E-state index contributed by atoms with van der Waals surface area (Å²) in [7, 11) is 0. The smallest absolute Gasteiger partial charge is 0.330 e. The second-order valence-electron chi connectivity index (χ2n) is 8.48. The molecule has 2 rings (SSSR count). The molecule has 10 heteroatoms. The normalized spacial score (nSPS) is 16.3. The molecule has 0 aliphatic carbocycles. The Morgan fingerprint density at radius 1 is 1.32 bits per heavy atom. The van der Waals surface area contributed by atoms with E-state index in [0.717, 1.165) is 6.42 Å². The standard InChI is InChI=1S/C24H30ClN3O6/c1-5-7-15(9-6-8-14(4)24(31)32)26-23-20(18(29)12-13(2)3)22(30)19-17(28(33)34)11-10-16(25)21(19)27-23/h8-11,13,22,26-27,30H,5-7,12H2,1-4H3,(H,31,32)/b14-8+,15-9?. The van der Waals surface area contributed by atoms with Gasteiger partial charge in [0.25, 0.3) is 5.69 Å². The molecule has 1 atom stereocenters. The Labute approximate surface area is 203 Å². The van der Waals surface area contributed by atoms with Crippen molar-refractivity contribution < 1.29 is 24.7 Å². The van der Waals surface area contributed by atoms with Crippen LogP contribution in [0.5, 0.6) is 0 Å². The van der Waals surface area contributed by atoms with Crippen molar-refractivity contribution >= 4 is 34.7 Å². The number of carboxylic acid groups (broad SMARTS) is 1. The van der Waals surface area contributed by atoms with E-state index in [0.29, 0.717) is 18.5 Å². The number of nitrogens with zero attached hydrogens (tertiary/aromatic N) is 1. The van der Waals surface area contributed by atoms with Crippen LogP contribution in [0, 0.1) is 16.0 Å². The van der Waals surface area contributed by atoms with Gasteiger partial charge in [-0.15, -0.1) is 0 Å². The molecular formula is C24H30ClN3O6. The number of ketones is 1. The molecule has 0 radical (unpaired) electrons. The second-order valence-corrected chi connectivity index (χ2v) is 8.89. The van der Waals surface area contributed by atoms with E-state index in [1.165, 1.54) is 19.1 Å². The number of carboxylic acids is 1. The van der Waals surface area contributed by atoms with Gasteiger partial charge >= 0.3 is 5.97 Å². The monoisotopic (exact) mass is 491 g/mol.